The first kappa shape index (κ1) is 18.5. The second-order valence-corrected chi connectivity index (χ2v) is 7.45. The maximum absolute atomic E-state index is 11.6. The molecule has 1 spiro atoms. The SMILES string of the molecule is CC(=O)OC1=NN=C(OC(C)=O)C12CC=C(C)CC2c1ccc(Br)cc1. The summed E-state index contributed by atoms with van der Waals surface area (Å²) in [6, 6.07) is 7.92. The molecule has 0 saturated carbocycles. The summed E-state index contributed by atoms with van der Waals surface area (Å²) >= 11 is 3.45. The maximum Gasteiger partial charge on any atom is 0.309 e. The van der Waals surface area contributed by atoms with Crippen LogP contribution in [-0.2, 0) is 19.1 Å². The van der Waals surface area contributed by atoms with Crippen LogP contribution in [0.25, 0.3) is 0 Å². The molecule has 0 fully saturated rings. The number of nitrogens with zero attached hydrogens (tertiary/aromatic N) is 2. The van der Waals surface area contributed by atoms with Crippen LogP contribution in [0, 0.1) is 5.41 Å². The minimum Gasteiger partial charge on any atom is -0.409 e. The number of hydrogen-bond acceptors (Lipinski definition) is 6. The first-order valence-corrected chi connectivity index (χ1v) is 9.06. The van der Waals surface area contributed by atoms with Crippen molar-refractivity contribution >= 4 is 39.7 Å². The summed E-state index contributed by atoms with van der Waals surface area (Å²) in [6.07, 6.45) is 3.25. The van der Waals surface area contributed by atoms with E-state index in [0.717, 1.165) is 10.0 Å². The molecule has 0 aromatic heterocycles. The molecule has 1 unspecified atom stereocenters. The smallest absolute Gasteiger partial charge is 0.309 e. The normalized spacial score (nSPS) is 20.9. The number of hydrogen-bond donors (Lipinski definition) is 0. The molecule has 0 saturated heterocycles. The molecule has 6 nitrogen and oxygen atoms in total. The molecule has 0 N–H and O–H groups in total. The Morgan fingerprint density at radius 1 is 1.08 bits per heavy atom. The average Bonchev–Trinajstić information content (AvgIpc) is 2.88. The second-order valence-electron chi connectivity index (χ2n) is 6.53. The van der Waals surface area contributed by atoms with Gasteiger partial charge < -0.3 is 9.47 Å². The van der Waals surface area contributed by atoms with E-state index in [1.807, 2.05) is 24.3 Å². The number of carbonyl (C=O) groups excluding carboxylic acids is 2. The largest absolute Gasteiger partial charge is 0.409 e. The van der Waals surface area contributed by atoms with Crippen molar-refractivity contribution in [3.8, 4) is 0 Å². The van der Waals surface area contributed by atoms with Crippen molar-refractivity contribution in [2.75, 3.05) is 0 Å². The lowest BCUT2D eigenvalue weighted by atomic mass is 9.64. The lowest BCUT2D eigenvalue weighted by Gasteiger charge is -2.39. The van der Waals surface area contributed by atoms with Gasteiger partial charge in [-0.15, -0.1) is 10.2 Å². The molecule has 1 heterocycles. The van der Waals surface area contributed by atoms with E-state index in [4.69, 9.17) is 9.47 Å². The van der Waals surface area contributed by atoms with Crippen molar-refractivity contribution in [3.63, 3.8) is 0 Å². The Hall–Kier alpha value is -2.28. The summed E-state index contributed by atoms with van der Waals surface area (Å²) in [4.78, 5) is 23.2. The number of ether oxygens (including phenoxy) is 2. The van der Waals surface area contributed by atoms with Crippen LogP contribution in [0.5, 0.6) is 0 Å². The fourth-order valence-electron chi connectivity index (χ4n) is 3.48. The van der Waals surface area contributed by atoms with Gasteiger partial charge in [0.05, 0.1) is 0 Å². The highest BCUT2D eigenvalue weighted by Crippen LogP contribution is 2.51. The van der Waals surface area contributed by atoms with E-state index in [1.54, 1.807) is 0 Å². The molecule has 3 rings (SSSR count). The molecular formula is C19H19BrN2O4. The topological polar surface area (TPSA) is 77.3 Å². The van der Waals surface area contributed by atoms with Gasteiger partial charge in [0.25, 0.3) is 0 Å². The molecular weight excluding hydrogens is 400 g/mol. The Balaban J connectivity index is 2.13. The summed E-state index contributed by atoms with van der Waals surface area (Å²) in [5.74, 6) is -0.735. The zero-order valence-corrected chi connectivity index (χ0v) is 16.4. The molecule has 7 heteroatoms. The molecule has 136 valence electrons. The third kappa shape index (κ3) is 3.35. The quantitative estimate of drug-likeness (QED) is 0.507. The van der Waals surface area contributed by atoms with Gasteiger partial charge in [-0.1, -0.05) is 39.7 Å². The first-order valence-electron chi connectivity index (χ1n) is 8.27. The summed E-state index contributed by atoms with van der Waals surface area (Å²) in [7, 11) is 0. The number of esters is 2. The van der Waals surface area contributed by atoms with Gasteiger partial charge in [-0.05, 0) is 37.5 Å². The lowest BCUT2D eigenvalue weighted by molar-refractivity contribution is -0.133. The minimum atomic E-state index is -0.912. The average molecular weight is 419 g/mol. The van der Waals surface area contributed by atoms with Crippen molar-refractivity contribution in [2.45, 2.75) is 39.5 Å². The highest BCUT2D eigenvalue weighted by molar-refractivity contribution is 9.10. The molecule has 0 bridgehead atoms. The molecule has 0 radical (unpaired) electrons. The van der Waals surface area contributed by atoms with E-state index in [0.29, 0.717) is 12.8 Å². The van der Waals surface area contributed by atoms with Crippen LogP contribution in [0.2, 0.25) is 0 Å². The maximum atomic E-state index is 11.6. The number of benzene rings is 1. The van der Waals surface area contributed by atoms with Gasteiger partial charge in [-0.25, -0.2) is 0 Å². The minimum absolute atomic E-state index is 0.126. The Kier molecular flexibility index (Phi) is 5.09. The van der Waals surface area contributed by atoms with Gasteiger partial charge in [0, 0.05) is 24.2 Å². The van der Waals surface area contributed by atoms with E-state index in [1.165, 1.54) is 19.4 Å². The standard InChI is InChI=1S/C19H19BrN2O4/c1-11-8-9-19(16(10-11)14-4-6-15(20)7-5-14)17(25-12(2)23)21-22-18(19)26-13(3)24/h4-8,16H,9-10H2,1-3H3. The second kappa shape index (κ2) is 7.15. The van der Waals surface area contributed by atoms with Gasteiger partial charge >= 0.3 is 11.9 Å². The predicted octanol–water partition coefficient (Wildman–Crippen LogP) is 4.11. The molecule has 1 atom stereocenters. The Bertz CT molecular complexity index is 808. The predicted molar refractivity (Wildman–Crippen MR) is 101 cm³/mol. The zero-order chi connectivity index (χ0) is 18.9. The Morgan fingerprint density at radius 2 is 1.62 bits per heavy atom. The van der Waals surface area contributed by atoms with Crippen LogP contribution in [-0.4, -0.2) is 23.7 Å². The number of halogens is 1. The van der Waals surface area contributed by atoms with Crippen LogP contribution >= 0.6 is 15.9 Å². The highest BCUT2D eigenvalue weighted by Gasteiger charge is 2.56. The molecule has 1 aromatic rings. The molecule has 2 aliphatic rings. The highest BCUT2D eigenvalue weighted by atomic mass is 79.9. The van der Waals surface area contributed by atoms with E-state index >= 15 is 0 Å². The van der Waals surface area contributed by atoms with Crippen molar-refractivity contribution in [3.05, 3.63) is 46.0 Å². The number of rotatable bonds is 1. The van der Waals surface area contributed by atoms with Crippen molar-refractivity contribution in [1.29, 1.82) is 0 Å². The van der Waals surface area contributed by atoms with E-state index in [9.17, 15) is 9.59 Å². The van der Waals surface area contributed by atoms with E-state index < -0.39 is 17.4 Å². The monoisotopic (exact) mass is 418 g/mol. The number of carbonyl (C=O) groups is 2. The van der Waals surface area contributed by atoms with Gasteiger partial charge in [0.2, 0.25) is 11.8 Å². The van der Waals surface area contributed by atoms with Crippen molar-refractivity contribution in [1.82, 2.24) is 0 Å². The Labute approximate surface area is 160 Å². The van der Waals surface area contributed by atoms with Crippen LogP contribution in [0.15, 0.2) is 50.6 Å². The number of allylic oxidation sites excluding steroid dienone is 2. The zero-order valence-electron chi connectivity index (χ0n) is 14.8. The summed E-state index contributed by atoms with van der Waals surface area (Å²) in [5.41, 5.74) is 1.33. The van der Waals surface area contributed by atoms with Gasteiger partial charge in [0.15, 0.2) is 0 Å². The van der Waals surface area contributed by atoms with Crippen LogP contribution in [0.3, 0.4) is 0 Å². The molecule has 26 heavy (non-hydrogen) atoms. The van der Waals surface area contributed by atoms with Crippen molar-refractivity contribution < 1.29 is 19.1 Å². The van der Waals surface area contributed by atoms with Crippen molar-refractivity contribution in [2.24, 2.45) is 15.6 Å². The molecule has 1 aliphatic heterocycles. The van der Waals surface area contributed by atoms with Gasteiger partial charge in [-0.2, -0.15) is 0 Å². The summed E-state index contributed by atoms with van der Waals surface area (Å²) in [5, 5.41) is 8.10. The molecule has 1 aromatic carbocycles. The van der Waals surface area contributed by atoms with Crippen LogP contribution in [0.1, 0.15) is 45.1 Å². The van der Waals surface area contributed by atoms with Gasteiger partial charge in [-0.3, -0.25) is 9.59 Å². The fraction of sp³-hybridized carbons (Fsp3) is 0.368. The van der Waals surface area contributed by atoms with Crippen LogP contribution in [0.4, 0.5) is 0 Å². The molecule has 1 aliphatic carbocycles. The van der Waals surface area contributed by atoms with E-state index in [-0.39, 0.29) is 17.7 Å². The summed E-state index contributed by atoms with van der Waals surface area (Å²) < 4.78 is 11.8. The third-order valence-corrected chi connectivity index (χ3v) is 5.17. The lowest BCUT2D eigenvalue weighted by Crippen LogP contribution is -2.46. The first-order chi connectivity index (χ1) is 12.3. The van der Waals surface area contributed by atoms with Gasteiger partial charge in [0.1, 0.15) is 5.41 Å². The third-order valence-electron chi connectivity index (χ3n) is 4.64. The fourth-order valence-corrected chi connectivity index (χ4v) is 3.75. The molecule has 0 amide bonds. The summed E-state index contributed by atoms with van der Waals surface area (Å²) in [6.45, 7) is 4.69. The van der Waals surface area contributed by atoms with Crippen LogP contribution < -0.4 is 0 Å². The van der Waals surface area contributed by atoms with E-state index in [2.05, 4.69) is 39.1 Å². The Morgan fingerprint density at radius 3 is 2.12 bits per heavy atom.